The summed E-state index contributed by atoms with van der Waals surface area (Å²) >= 11 is 3.28. The maximum absolute atomic E-state index is 13.6. The molecule has 5 aliphatic heterocycles. The van der Waals surface area contributed by atoms with Crippen molar-refractivity contribution in [3.05, 3.63) is 107 Å². The fourth-order valence-corrected chi connectivity index (χ4v) is 10.6. The van der Waals surface area contributed by atoms with Gasteiger partial charge in [-0.05, 0) is 75.1 Å². The number of ether oxygens (including phenoxy) is 7. The molecule has 0 spiro atoms. The number of hydrogen-bond donors (Lipinski definition) is 3. The summed E-state index contributed by atoms with van der Waals surface area (Å²) in [6, 6.07) is 0. The third-order valence-corrected chi connectivity index (χ3v) is 14.2. The van der Waals surface area contributed by atoms with E-state index in [9.17, 15) is 20.1 Å². The average Bonchev–Trinajstić information content (AvgIpc) is 3.96. The van der Waals surface area contributed by atoms with Gasteiger partial charge in [-0.15, -0.1) is 0 Å². The summed E-state index contributed by atoms with van der Waals surface area (Å²) in [5.74, 6) is -1.95. The van der Waals surface area contributed by atoms with E-state index in [1.807, 2.05) is 64.2 Å². The third-order valence-electron chi connectivity index (χ3n) is 13.9. The van der Waals surface area contributed by atoms with Crippen LogP contribution in [0.15, 0.2) is 92.2 Å². The molecule has 0 aromatic carbocycles. The molecule has 15 atom stereocenters. The number of allylic oxidation sites excluding steroid dienone is 2. The van der Waals surface area contributed by atoms with Crippen molar-refractivity contribution in [3.8, 4) is 0 Å². The van der Waals surface area contributed by atoms with Gasteiger partial charge in [-0.2, -0.15) is 0 Å². The van der Waals surface area contributed by atoms with Gasteiger partial charge in [0.1, 0.15) is 36.1 Å². The van der Waals surface area contributed by atoms with E-state index < -0.39 is 48.4 Å². The maximum Gasteiger partial charge on any atom is 0.330 e. The molecule has 2 aromatic rings. The Hall–Kier alpha value is -3.81. The van der Waals surface area contributed by atoms with Crippen LogP contribution in [0.1, 0.15) is 121 Å². The number of esters is 1. The van der Waals surface area contributed by atoms with Crippen LogP contribution in [0.3, 0.4) is 0 Å². The number of rotatable bonds is 12. The second-order valence-electron chi connectivity index (χ2n) is 19.5. The van der Waals surface area contributed by atoms with Gasteiger partial charge in [-0.3, -0.25) is 0 Å². The molecule has 0 aliphatic carbocycles. The summed E-state index contributed by atoms with van der Waals surface area (Å²) in [6.45, 7) is 12.2. The van der Waals surface area contributed by atoms with Crippen molar-refractivity contribution in [2.24, 2.45) is 11.8 Å². The number of aliphatic hydroxyl groups is 3. The number of hydrogen-bond acceptors (Lipinski definition) is 15. The molecule has 7 heterocycles. The molecule has 2 aromatic heterocycles. The lowest BCUT2D eigenvalue weighted by molar-refractivity contribution is -0.286. The minimum atomic E-state index is -1.73. The van der Waals surface area contributed by atoms with Crippen LogP contribution in [0.2, 0.25) is 0 Å². The molecule has 4 saturated heterocycles. The van der Waals surface area contributed by atoms with Crippen molar-refractivity contribution in [2.75, 3.05) is 14.2 Å². The summed E-state index contributed by atoms with van der Waals surface area (Å²) in [5, 5.41) is 33.9. The third kappa shape index (κ3) is 14.6. The molecule has 1 unspecified atom stereocenters. The Morgan fingerprint density at radius 2 is 1.78 bits per heavy atom. The smallest absolute Gasteiger partial charge is 0.330 e. The van der Waals surface area contributed by atoms with Crippen molar-refractivity contribution in [2.45, 2.75) is 177 Å². The Bertz CT molecular complexity index is 2210. The van der Waals surface area contributed by atoms with E-state index in [2.05, 4.69) is 22.5 Å². The van der Waals surface area contributed by atoms with E-state index in [4.69, 9.17) is 52.0 Å². The Balaban J connectivity index is 1.06. The number of fused-ring (bicyclic) bond motifs is 9. The van der Waals surface area contributed by atoms with Gasteiger partial charge in [0.25, 0.3) is 0 Å². The number of halogens is 1. The first-order valence-electron chi connectivity index (χ1n) is 24.3. The Morgan fingerprint density at radius 1 is 0.986 bits per heavy atom. The van der Waals surface area contributed by atoms with E-state index in [0.29, 0.717) is 75.1 Å². The molecule has 0 saturated carbocycles. The summed E-state index contributed by atoms with van der Waals surface area (Å²) in [4.78, 5) is 24.8. The van der Waals surface area contributed by atoms with Gasteiger partial charge in [0.2, 0.25) is 5.89 Å². The van der Waals surface area contributed by atoms with Crippen LogP contribution in [0.25, 0.3) is 12.2 Å². The molecular weight excluding hydrogens is 952 g/mol. The fourth-order valence-electron chi connectivity index (χ4n) is 10.4. The average molecular weight is 1020 g/mol. The zero-order valence-electron chi connectivity index (χ0n) is 40.7. The zero-order chi connectivity index (χ0) is 49.2. The molecule has 8 bridgehead atoms. The van der Waals surface area contributed by atoms with E-state index in [0.717, 1.165) is 16.7 Å². The molecule has 3 N–H and O–H groups in total. The van der Waals surface area contributed by atoms with Crippen molar-refractivity contribution < 1.29 is 62.1 Å². The number of nitrogens with zero attached hydrogens (tertiary/aromatic N) is 2. The molecule has 69 heavy (non-hydrogen) atoms. The second-order valence-corrected chi connectivity index (χ2v) is 20.0. The number of oxazole rings is 2. The largest absolute Gasteiger partial charge is 0.458 e. The lowest BCUT2D eigenvalue weighted by atomic mass is 9.79. The highest BCUT2D eigenvalue weighted by molar-refractivity contribution is 9.11. The van der Waals surface area contributed by atoms with Crippen molar-refractivity contribution in [3.63, 3.8) is 0 Å². The molecule has 0 radical (unpaired) electrons. The predicted octanol–water partition coefficient (Wildman–Crippen LogP) is 8.76. The molecule has 16 heteroatoms. The summed E-state index contributed by atoms with van der Waals surface area (Å²) in [7, 11) is 3.22. The quantitative estimate of drug-likeness (QED) is 0.104. The highest BCUT2D eigenvalue weighted by atomic mass is 79.9. The lowest BCUT2D eigenvalue weighted by Crippen LogP contribution is -2.51. The summed E-state index contributed by atoms with van der Waals surface area (Å²) in [5.41, 5.74) is 3.86. The van der Waals surface area contributed by atoms with Crippen LogP contribution < -0.4 is 0 Å². The fraction of sp³-hybridized carbons (Fsp3) is 0.604. The number of carbonyl (C=O) groups is 1. The highest BCUT2D eigenvalue weighted by Gasteiger charge is 2.45. The van der Waals surface area contributed by atoms with Crippen molar-refractivity contribution >= 4 is 34.1 Å². The Kier molecular flexibility index (Phi) is 18.9. The molecule has 4 fully saturated rings. The summed E-state index contributed by atoms with van der Waals surface area (Å²) < 4.78 is 55.2. The van der Waals surface area contributed by atoms with E-state index >= 15 is 0 Å². The normalized spacial score (nSPS) is 36.1. The maximum atomic E-state index is 13.6. The molecule has 15 nitrogen and oxygen atoms in total. The molecule has 378 valence electrons. The number of aromatic nitrogens is 2. The van der Waals surface area contributed by atoms with Gasteiger partial charge < -0.3 is 57.3 Å². The van der Waals surface area contributed by atoms with E-state index in [-0.39, 0.29) is 67.2 Å². The molecule has 0 amide bonds. The predicted molar refractivity (Wildman–Crippen MR) is 261 cm³/mol. The topological polar surface area (TPSA) is 194 Å². The van der Waals surface area contributed by atoms with Gasteiger partial charge in [-0.25, -0.2) is 14.8 Å². The minimum Gasteiger partial charge on any atom is -0.458 e. The standard InChI is InChI=1S/C53H71BrN2O13/c1-31(16-17-38(61-6)12-10-18-54)21-44(58)47-26-42(62-7)27-53(60,69-47)28-49-55-36(29-63-49)22-33(3)51-35(5)52-34(4)45(67-51)13-9-14-48-56-43(30-64-48)46-24-37(57)23-41(66-46)25-40-20-32(2)19-39(65-40)11-8-15-50(59)68-52/h8-10,14-18,21-22,29-30,34-35,37-42,44-47,51-52,57-58,60H,2,11-13,19-20,23-28H2,1,3-7H3/b14-9+,15-8-,17-16+,18-10+,31-21+,33-22+/t34-,35-,37+,38?,39-,40+,41-,42+,44+,45+,46+,47+,51-,52-,53-/m0/s1. The summed E-state index contributed by atoms with van der Waals surface area (Å²) in [6.07, 6.45) is 19.5. The monoisotopic (exact) mass is 1020 g/mol. The first-order valence-corrected chi connectivity index (χ1v) is 25.2. The first-order chi connectivity index (χ1) is 33.1. The molecular formula is C53H71BrN2O13. The van der Waals surface area contributed by atoms with Crippen LogP contribution in [0, 0.1) is 11.8 Å². The number of methoxy groups -OCH3 is 2. The van der Waals surface area contributed by atoms with Gasteiger partial charge >= 0.3 is 5.97 Å². The van der Waals surface area contributed by atoms with Crippen LogP contribution in [-0.4, -0.2) is 118 Å². The van der Waals surface area contributed by atoms with Gasteiger partial charge in [-0.1, -0.05) is 84.0 Å². The Labute approximate surface area is 414 Å². The van der Waals surface area contributed by atoms with Crippen LogP contribution in [0.5, 0.6) is 0 Å². The van der Waals surface area contributed by atoms with Gasteiger partial charge in [0, 0.05) is 57.8 Å². The van der Waals surface area contributed by atoms with Crippen LogP contribution >= 0.6 is 15.9 Å². The molecule has 7 rings (SSSR count). The van der Waals surface area contributed by atoms with Gasteiger partial charge in [0.15, 0.2) is 11.7 Å². The lowest BCUT2D eigenvalue weighted by Gasteiger charge is -2.44. The SMILES string of the molecule is C=C1C[C@@H]2C[C@@H]3C[C@@H](O)C[C@@H](O3)c3coc(n3)/C=C/C[C@H]3O[C@@H](/C(C)=C/c4coc(C[C@]5(O)C[C@H](OC)C[C@H]([C@H](O)/C=C(C)/C=C/C(C/C=C/Br)OC)O5)n4)[C@H](C)[C@@H](OC(=O)/C=C\C[C@@H](C1)O2)[C@H]3C. The number of aliphatic hydroxyl groups excluding tert-OH is 2. The molecule has 5 aliphatic rings. The van der Waals surface area contributed by atoms with Gasteiger partial charge in [0.05, 0.1) is 67.5 Å². The van der Waals surface area contributed by atoms with Crippen molar-refractivity contribution in [1.82, 2.24) is 9.97 Å². The van der Waals surface area contributed by atoms with Crippen molar-refractivity contribution in [1.29, 1.82) is 0 Å². The second kappa shape index (κ2) is 24.5. The van der Waals surface area contributed by atoms with Crippen LogP contribution in [-0.2, 0) is 44.4 Å². The zero-order valence-corrected chi connectivity index (χ0v) is 42.3. The first kappa shape index (κ1) is 53.0. The Morgan fingerprint density at radius 3 is 2.57 bits per heavy atom. The highest BCUT2D eigenvalue weighted by Crippen LogP contribution is 2.40. The van der Waals surface area contributed by atoms with E-state index in [1.165, 1.54) is 12.3 Å². The van der Waals surface area contributed by atoms with E-state index in [1.54, 1.807) is 37.6 Å². The minimum absolute atomic E-state index is 0.0830. The van der Waals surface area contributed by atoms with Crippen LogP contribution in [0.4, 0.5) is 0 Å². The number of carbonyl (C=O) groups excluding carboxylic acids is 1.